The van der Waals surface area contributed by atoms with Gasteiger partial charge in [-0.2, -0.15) is 0 Å². The van der Waals surface area contributed by atoms with E-state index in [-0.39, 0.29) is 17.7 Å². The van der Waals surface area contributed by atoms with Gasteiger partial charge in [-0.05, 0) is 13.0 Å². The van der Waals surface area contributed by atoms with Crippen LogP contribution in [0.1, 0.15) is 28.5 Å². The predicted octanol–water partition coefficient (Wildman–Crippen LogP) is 1.80. The molecule has 0 saturated heterocycles. The molecule has 0 aliphatic rings. The number of hydrogen-bond donors (Lipinski definition) is 2. The zero-order valence-electron chi connectivity index (χ0n) is 8.99. The Morgan fingerprint density at radius 3 is 2.94 bits per heavy atom. The molecule has 0 fully saturated rings. The van der Waals surface area contributed by atoms with Gasteiger partial charge in [0, 0.05) is 17.8 Å². The summed E-state index contributed by atoms with van der Waals surface area (Å²) < 4.78 is 0. The molecule has 0 radical (unpaired) electrons. The van der Waals surface area contributed by atoms with Gasteiger partial charge in [0.05, 0.1) is 6.04 Å². The van der Waals surface area contributed by atoms with Crippen LogP contribution >= 0.6 is 11.3 Å². The second kappa shape index (κ2) is 4.88. The van der Waals surface area contributed by atoms with E-state index < -0.39 is 5.97 Å². The highest BCUT2D eigenvalue weighted by molar-refractivity contribution is 7.09. The van der Waals surface area contributed by atoms with E-state index in [0.29, 0.717) is 0 Å². The zero-order valence-corrected chi connectivity index (χ0v) is 9.81. The quantitative estimate of drug-likeness (QED) is 0.860. The molecule has 1 atom stereocenters. The minimum absolute atomic E-state index is 0.0335. The highest BCUT2D eigenvalue weighted by Crippen LogP contribution is 2.18. The maximum Gasteiger partial charge on any atom is 0.354 e. The van der Waals surface area contributed by atoms with Crippen LogP contribution in [0.4, 0.5) is 5.95 Å². The number of nitrogens with one attached hydrogen (secondary N) is 1. The lowest BCUT2D eigenvalue weighted by Gasteiger charge is -2.10. The molecule has 0 bridgehead atoms. The second-order valence-corrected chi connectivity index (χ2v) is 4.23. The van der Waals surface area contributed by atoms with Crippen LogP contribution in [0.25, 0.3) is 0 Å². The standard InChI is InChI=1S/C10H10N4O2S/c1-6(8-11-4-5-17-8)13-10-12-3-2-7(14-10)9(15)16/h2-6H,1H3,(H,15,16)(H,12,13,14). The Morgan fingerprint density at radius 2 is 2.29 bits per heavy atom. The van der Waals surface area contributed by atoms with Gasteiger partial charge >= 0.3 is 5.97 Å². The summed E-state index contributed by atoms with van der Waals surface area (Å²) in [5.74, 6) is -0.787. The smallest absolute Gasteiger partial charge is 0.354 e. The van der Waals surface area contributed by atoms with Crippen LogP contribution in [0, 0.1) is 0 Å². The Hall–Kier alpha value is -2.02. The van der Waals surface area contributed by atoms with E-state index in [1.54, 1.807) is 6.20 Å². The first-order chi connectivity index (χ1) is 8.16. The van der Waals surface area contributed by atoms with Gasteiger partial charge in [0.15, 0.2) is 5.69 Å². The molecule has 0 amide bonds. The molecule has 0 aromatic carbocycles. The van der Waals surface area contributed by atoms with Gasteiger partial charge in [-0.1, -0.05) is 0 Å². The minimum Gasteiger partial charge on any atom is -0.477 e. The summed E-state index contributed by atoms with van der Waals surface area (Å²) in [7, 11) is 0. The van der Waals surface area contributed by atoms with Crippen LogP contribution in [0.2, 0.25) is 0 Å². The molecule has 2 aromatic heterocycles. The monoisotopic (exact) mass is 250 g/mol. The molecule has 0 aliphatic carbocycles. The molecule has 17 heavy (non-hydrogen) atoms. The Labute approximate surface area is 101 Å². The van der Waals surface area contributed by atoms with E-state index >= 15 is 0 Å². The van der Waals surface area contributed by atoms with E-state index in [9.17, 15) is 4.79 Å². The van der Waals surface area contributed by atoms with E-state index in [1.165, 1.54) is 23.6 Å². The molecule has 2 rings (SSSR count). The first-order valence-corrected chi connectivity index (χ1v) is 5.77. The zero-order chi connectivity index (χ0) is 12.3. The van der Waals surface area contributed by atoms with Gasteiger partial charge in [0.2, 0.25) is 5.95 Å². The Bertz CT molecular complexity index is 515. The van der Waals surface area contributed by atoms with Crippen molar-refractivity contribution in [2.24, 2.45) is 0 Å². The van der Waals surface area contributed by atoms with Crippen LogP contribution < -0.4 is 5.32 Å². The van der Waals surface area contributed by atoms with Crippen molar-refractivity contribution < 1.29 is 9.90 Å². The normalized spacial score (nSPS) is 12.1. The van der Waals surface area contributed by atoms with Crippen molar-refractivity contribution in [1.82, 2.24) is 15.0 Å². The minimum atomic E-state index is -1.07. The number of nitrogens with zero attached hydrogens (tertiary/aromatic N) is 3. The largest absolute Gasteiger partial charge is 0.477 e. The van der Waals surface area contributed by atoms with Gasteiger partial charge in [-0.15, -0.1) is 11.3 Å². The molecule has 88 valence electrons. The van der Waals surface area contributed by atoms with E-state index in [0.717, 1.165) is 5.01 Å². The van der Waals surface area contributed by atoms with Gasteiger partial charge in [-0.3, -0.25) is 0 Å². The molecular weight excluding hydrogens is 240 g/mol. The number of aromatic carboxylic acids is 1. The van der Waals surface area contributed by atoms with Crippen molar-refractivity contribution >= 4 is 23.3 Å². The third-order valence-corrected chi connectivity index (χ3v) is 3.00. The molecule has 0 spiro atoms. The number of carboxylic acid groups (broad SMARTS) is 1. The molecular formula is C10H10N4O2S. The second-order valence-electron chi connectivity index (χ2n) is 3.31. The molecule has 2 aromatic rings. The van der Waals surface area contributed by atoms with Crippen molar-refractivity contribution in [3.05, 3.63) is 34.5 Å². The lowest BCUT2D eigenvalue weighted by atomic mass is 10.3. The van der Waals surface area contributed by atoms with Crippen molar-refractivity contribution in [3.63, 3.8) is 0 Å². The van der Waals surface area contributed by atoms with Crippen LogP contribution in [0.5, 0.6) is 0 Å². The van der Waals surface area contributed by atoms with E-state index in [2.05, 4.69) is 20.3 Å². The fraction of sp³-hybridized carbons (Fsp3) is 0.200. The Kier molecular flexibility index (Phi) is 3.29. The topological polar surface area (TPSA) is 88.0 Å². The number of carbonyl (C=O) groups is 1. The number of aromatic nitrogens is 3. The van der Waals surface area contributed by atoms with Gasteiger partial charge in [0.25, 0.3) is 0 Å². The molecule has 0 saturated carbocycles. The maximum absolute atomic E-state index is 10.7. The summed E-state index contributed by atoms with van der Waals surface area (Å²) in [5.41, 5.74) is -0.0335. The summed E-state index contributed by atoms with van der Waals surface area (Å²) in [5, 5.41) is 14.6. The summed E-state index contributed by atoms with van der Waals surface area (Å²) in [4.78, 5) is 22.7. The highest BCUT2D eigenvalue weighted by atomic mass is 32.1. The first-order valence-electron chi connectivity index (χ1n) is 4.89. The fourth-order valence-electron chi connectivity index (χ4n) is 1.25. The first kappa shape index (κ1) is 11.5. The molecule has 1 unspecified atom stereocenters. The van der Waals surface area contributed by atoms with Crippen LogP contribution in [0.3, 0.4) is 0 Å². The Balaban J connectivity index is 2.13. The van der Waals surface area contributed by atoms with Crippen LogP contribution in [0.15, 0.2) is 23.8 Å². The third-order valence-electron chi connectivity index (χ3n) is 2.04. The maximum atomic E-state index is 10.7. The number of anilines is 1. The number of rotatable bonds is 4. The van der Waals surface area contributed by atoms with E-state index in [1.807, 2.05) is 12.3 Å². The Morgan fingerprint density at radius 1 is 1.47 bits per heavy atom. The molecule has 2 heterocycles. The summed E-state index contributed by atoms with van der Waals surface area (Å²) in [6, 6.07) is 1.29. The van der Waals surface area contributed by atoms with E-state index in [4.69, 9.17) is 5.11 Å². The molecule has 7 heteroatoms. The van der Waals surface area contributed by atoms with Crippen molar-refractivity contribution in [1.29, 1.82) is 0 Å². The van der Waals surface area contributed by atoms with Crippen molar-refractivity contribution in [2.45, 2.75) is 13.0 Å². The summed E-state index contributed by atoms with van der Waals surface area (Å²) in [6.45, 7) is 1.91. The molecule has 6 nitrogen and oxygen atoms in total. The average molecular weight is 250 g/mol. The number of carboxylic acids is 1. The van der Waals surface area contributed by atoms with Crippen LogP contribution in [-0.2, 0) is 0 Å². The van der Waals surface area contributed by atoms with Gasteiger partial charge in [0.1, 0.15) is 5.01 Å². The summed E-state index contributed by atoms with van der Waals surface area (Å²) in [6.07, 6.45) is 3.13. The number of hydrogen-bond acceptors (Lipinski definition) is 6. The molecule has 2 N–H and O–H groups in total. The average Bonchev–Trinajstić information content (AvgIpc) is 2.82. The highest BCUT2D eigenvalue weighted by Gasteiger charge is 2.11. The summed E-state index contributed by atoms with van der Waals surface area (Å²) >= 11 is 1.52. The lowest BCUT2D eigenvalue weighted by Crippen LogP contribution is -2.11. The van der Waals surface area contributed by atoms with Crippen molar-refractivity contribution in [3.8, 4) is 0 Å². The third kappa shape index (κ3) is 2.76. The fourth-order valence-corrected chi connectivity index (χ4v) is 1.90. The van der Waals surface area contributed by atoms with Crippen molar-refractivity contribution in [2.75, 3.05) is 5.32 Å². The SMILES string of the molecule is CC(Nc1nccc(C(=O)O)n1)c1nccs1. The lowest BCUT2D eigenvalue weighted by molar-refractivity contribution is 0.0690. The van der Waals surface area contributed by atoms with Gasteiger partial charge < -0.3 is 10.4 Å². The molecule has 0 aliphatic heterocycles. The van der Waals surface area contributed by atoms with Gasteiger partial charge in [-0.25, -0.2) is 19.7 Å². The predicted molar refractivity (Wildman–Crippen MR) is 63.1 cm³/mol. The number of thiazole rings is 1. The van der Waals surface area contributed by atoms with Crippen LogP contribution in [-0.4, -0.2) is 26.0 Å².